The average Bonchev–Trinajstić information content (AvgIpc) is 2.31. The summed E-state index contributed by atoms with van der Waals surface area (Å²) in [7, 11) is 0. The molecule has 0 atom stereocenters. The van der Waals surface area contributed by atoms with Gasteiger partial charge >= 0.3 is 0 Å². The molecule has 0 spiro atoms. The summed E-state index contributed by atoms with van der Waals surface area (Å²) in [5, 5.41) is 8.66. The van der Waals surface area contributed by atoms with Crippen LogP contribution in [0.5, 0.6) is 0 Å². The second-order valence-corrected chi connectivity index (χ2v) is 5.38. The summed E-state index contributed by atoms with van der Waals surface area (Å²) in [6.07, 6.45) is 6.74. The minimum absolute atomic E-state index is 0.504. The lowest BCUT2D eigenvalue weighted by Gasteiger charge is -2.23. The van der Waals surface area contributed by atoms with Crippen LogP contribution in [0.25, 0.3) is 0 Å². The number of benzene rings is 1. The fraction of sp³-hybridized carbons (Fsp3) is 0.538. The summed E-state index contributed by atoms with van der Waals surface area (Å²) >= 11 is 3.64. The molecule has 0 bridgehead atoms. The van der Waals surface area contributed by atoms with Crippen molar-refractivity contribution in [3.8, 4) is 0 Å². The summed E-state index contributed by atoms with van der Waals surface area (Å²) in [5.41, 5.74) is 4.73. The predicted octanol–water partition coefficient (Wildman–Crippen LogP) is 3.98. The fourth-order valence-corrected chi connectivity index (χ4v) is 3.27. The van der Waals surface area contributed by atoms with E-state index in [2.05, 4.69) is 39.6 Å². The monoisotopic (exact) mass is 283 g/mol. The van der Waals surface area contributed by atoms with Crippen molar-refractivity contribution in [2.45, 2.75) is 44.6 Å². The second kappa shape index (κ2) is 5.80. The van der Waals surface area contributed by atoms with Crippen LogP contribution in [0.1, 0.15) is 49.1 Å². The largest absolute Gasteiger partial charge is 0.316 e. The van der Waals surface area contributed by atoms with Gasteiger partial charge in [-0.2, -0.15) is 0 Å². The zero-order valence-corrected chi connectivity index (χ0v) is 11.0. The maximum absolute atomic E-state index is 8.66. The molecule has 3 heteroatoms. The van der Waals surface area contributed by atoms with Gasteiger partial charge < -0.3 is 5.21 Å². The quantitative estimate of drug-likeness (QED) is 0.823. The van der Waals surface area contributed by atoms with Crippen LogP contribution in [0.3, 0.4) is 0 Å². The van der Waals surface area contributed by atoms with Crippen LogP contribution in [-0.4, -0.2) is 5.21 Å². The maximum atomic E-state index is 8.66. The molecule has 1 aromatic rings. The molecular weight excluding hydrogens is 266 g/mol. The Hall–Kier alpha value is -0.380. The summed E-state index contributed by atoms with van der Waals surface area (Å²) in [4.78, 5) is 0. The summed E-state index contributed by atoms with van der Waals surface area (Å²) < 4.78 is 1.19. The third kappa shape index (κ3) is 2.84. The molecular formula is C13H18BrNO. The van der Waals surface area contributed by atoms with Gasteiger partial charge in [0.2, 0.25) is 0 Å². The van der Waals surface area contributed by atoms with E-state index in [-0.39, 0.29) is 0 Å². The van der Waals surface area contributed by atoms with Crippen LogP contribution in [0, 0.1) is 0 Å². The Labute approximate surface area is 105 Å². The Bertz CT molecular complexity index is 348. The lowest BCUT2D eigenvalue weighted by molar-refractivity contribution is 0.161. The molecule has 2 nitrogen and oxygen atoms in total. The normalized spacial score (nSPS) is 17.6. The van der Waals surface area contributed by atoms with E-state index in [0.717, 1.165) is 11.5 Å². The molecule has 1 fully saturated rings. The van der Waals surface area contributed by atoms with Gasteiger partial charge in [0.25, 0.3) is 0 Å². The third-order valence-corrected chi connectivity index (χ3v) is 4.08. The summed E-state index contributed by atoms with van der Waals surface area (Å²) in [6.45, 7) is 0.504. The second-order valence-electron chi connectivity index (χ2n) is 4.53. The first-order valence-corrected chi connectivity index (χ1v) is 6.76. The molecule has 16 heavy (non-hydrogen) atoms. The molecule has 2 N–H and O–H groups in total. The lowest BCUT2D eigenvalue weighted by atomic mass is 9.84. The van der Waals surface area contributed by atoms with Crippen LogP contribution in [0.4, 0.5) is 0 Å². The molecule has 0 radical (unpaired) electrons. The fourth-order valence-electron chi connectivity index (χ4n) is 2.52. The van der Waals surface area contributed by atoms with Gasteiger partial charge in [0.15, 0.2) is 0 Å². The zero-order chi connectivity index (χ0) is 11.4. The van der Waals surface area contributed by atoms with Gasteiger partial charge in [-0.25, -0.2) is 5.48 Å². The third-order valence-electron chi connectivity index (χ3n) is 3.39. The Morgan fingerprint density at radius 2 is 2.00 bits per heavy atom. The molecule has 1 saturated carbocycles. The van der Waals surface area contributed by atoms with E-state index >= 15 is 0 Å². The summed E-state index contributed by atoms with van der Waals surface area (Å²) in [6, 6.07) is 6.40. The van der Waals surface area contributed by atoms with E-state index in [1.54, 1.807) is 0 Å². The standard InChI is InChI=1S/C13H18BrNO/c14-13-8-10(9-15-16)6-7-12(13)11-4-2-1-3-5-11/h6-8,11,15-16H,1-5,9H2. The molecule has 0 heterocycles. The Morgan fingerprint density at radius 3 is 2.62 bits per heavy atom. The van der Waals surface area contributed by atoms with Gasteiger partial charge in [-0.1, -0.05) is 47.3 Å². The number of hydrogen-bond acceptors (Lipinski definition) is 2. The molecule has 0 aliphatic heterocycles. The number of rotatable bonds is 3. The van der Waals surface area contributed by atoms with Crippen molar-refractivity contribution in [2.75, 3.05) is 0 Å². The Morgan fingerprint density at radius 1 is 1.25 bits per heavy atom. The topological polar surface area (TPSA) is 32.3 Å². The first-order valence-electron chi connectivity index (χ1n) is 5.96. The number of hydroxylamine groups is 1. The summed E-state index contributed by atoms with van der Waals surface area (Å²) in [5.74, 6) is 0.722. The van der Waals surface area contributed by atoms with E-state index in [4.69, 9.17) is 5.21 Å². The van der Waals surface area contributed by atoms with Crippen LogP contribution in [0.15, 0.2) is 22.7 Å². The van der Waals surface area contributed by atoms with Crippen molar-refractivity contribution in [3.63, 3.8) is 0 Å². The van der Waals surface area contributed by atoms with Gasteiger partial charge in [0.1, 0.15) is 0 Å². The molecule has 0 aromatic heterocycles. The van der Waals surface area contributed by atoms with Gasteiger partial charge in [-0.3, -0.25) is 0 Å². The molecule has 1 aliphatic rings. The Kier molecular flexibility index (Phi) is 4.38. The minimum Gasteiger partial charge on any atom is -0.316 e. The van der Waals surface area contributed by atoms with E-state index in [1.165, 1.54) is 42.1 Å². The first kappa shape index (κ1) is 12.1. The molecule has 0 unspecified atom stereocenters. The van der Waals surface area contributed by atoms with Crippen molar-refractivity contribution in [2.24, 2.45) is 0 Å². The first-order chi connectivity index (χ1) is 7.81. The predicted molar refractivity (Wildman–Crippen MR) is 68.6 cm³/mol. The molecule has 1 aromatic carbocycles. The van der Waals surface area contributed by atoms with Crippen molar-refractivity contribution < 1.29 is 5.21 Å². The number of nitrogens with one attached hydrogen (secondary N) is 1. The zero-order valence-electron chi connectivity index (χ0n) is 9.38. The lowest BCUT2D eigenvalue weighted by Crippen LogP contribution is -2.08. The van der Waals surface area contributed by atoms with E-state index in [0.29, 0.717) is 6.54 Å². The van der Waals surface area contributed by atoms with Gasteiger partial charge in [0.05, 0.1) is 0 Å². The molecule has 0 saturated heterocycles. The van der Waals surface area contributed by atoms with E-state index in [1.807, 2.05) is 0 Å². The Balaban J connectivity index is 2.14. The van der Waals surface area contributed by atoms with Crippen LogP contribution in [-0.2, 0) is 6.54 Å². The highest BCUT2D eigenvalue weighted by atomic mass is 79.9. The smallest absolute Gasteiger partial charge is 0.0458 e. The average molecular weight is 284 g/mol. The van der Waals surface area contributed by atoms with Crippen LogP contribution in [0.2, 0.25) is 0 Å². The highest BCUT2D eigenvalue weighted by molar-refractivity contribution is 9.10. The van der Waals surface area contributed by atoms with Crippen molar-refractivity contribution in [1.82, 2.24) is 5.48 Å². The van der Waals surface area contributed by atoms with Crippen LogP contribution < -0.4 is 5.48 Å². The molecule has 1 aliphatic carbocycles. The van der Waals surface area contributed by atoms with E-state index in [9.17, 15) is 0 Å². The molecule has 0 amide bonds. The maximum Gasteiger partial charge on any atom is 0.0458 e. The van der Waals surface area contributed by atoms with Gasteiger partial charge in [0, 0.05) is 11.0 Å². The van der Waals surface area contributed by atoms with Crippen molar-refractivity contribution in [3.05, 3.63) is 33.8 Å². The minimum atomic E-state index is 0.504. The molecule has 88 valence electrons. The number of hydrogen-bond donors (Lipinski definition) is 2. The SMILES string of the molecule is ONCc1ccc(C2CCCCC2)c(Br)c1. The van der Waals surface area contributed by atoms with Gasteiger partial charge in [-0.05, 0) is 36.0 Å². The molecule has 2 rings (SSSR count). The van der Waals surface area contributed by atoms with E-state index < -0.39 is 0 Å². The van der Waals surface area contributed by atoms with Crippen LogP contribution >= 0.6 is 15.9 Å². The highest BCUT2D eigenvalue weighted by Gasteiger charge is 2.17. The van der Waals surface area contributed by atoms with Crippen molar-refractivity contribution >= 4 is 15.9 Å². The van der Waals surface area contributed by atoms with Crippen molar-refractivity contribution in [1.29, 1.82) is 0 Å². The number of halogens is 1. The van der Waals surface area contributed by atoms with Gasteiger partial charge in [-0.15, -0.1) is 0 Å². The highest BCUT2D eigenvalue weighted by Crippen LogP contribution is 2.36.